The van der Waals surface area contributed by atoms with Crippen LogP contribution in [0.5, 0.6) is 5.75 Å². The van der Waals surface area contributed by atoms with Crippen LogP contribution in [-0.2, 0) is 11.4 Å². The van der Waals surface area contributed by atoms with Gasteiger partial charge in [0.15, 0.2) is 0 Å². The highest BCUT2D eigenvalue weighted by molar-refractivity contribution is 5.90. The first-order valence-electron chi connectivity index (χ1n) is 5.99. The van der Waals surface area contributed by atoms with Gasteiger partial charge in [-0.05, 0) is 18.2 Å². The highest BCUT2D eigenvalue weighted by atomic mass is 16.5. The lowest BCUT2D eigenvalue weighted by molar-refractivity contribution is -0.114. The smallest absolute Gasteiger partial charge is 0.221 e. The molecule has 2 aromatic carbocycles. The van der Waals surface area contributed by atoms with Crippen LogP contribution >= 0.6 is 0 Å². The molecule has 3 N–H and O–H groups in total. The highest BCUT2D eigenvalue weighted by Gasteiger charge is 2.05. The maximum atomic E-state index is 11.1. The normalized spacial score (nSPS) is 9.95. The topological polar surface area (TPSA) is 64.3 Å². The van der Waals surface area contributed by atoms with Gasteiger partial charge in [0.1, 0.15) is 12.4 Å². The van der Waals surface area contributed by atoms with Gasteiger partial charge in [-0.25, -0.2) is 0 Å². The number of rotatable bonds is 4. The first-order chi connectivity index (χ1) is 9.16. The molecule has 4 nitrogen and oxygen atoms in total. The van der Waals surface area contributed by atoms with Crippen molar-refractivity contribution in [3.05, 3.63) is 54.1 Å². The maximum absolute atomic E-state index is 11.1. The van der Waals surface area contributed by atoms with Crippen molar-refractivity contribution in [2.75, 3.05) is 11.1 Å². The van der Waals surface area contributed by atoms with Gasteiger partial charge in [0.25, 0.3) is 0 Å². The van der Waals surface area contributed by atoms with Gasteiger partial charge in [0, 0.05) is 18.2 Å². The number of para-hydroxylation sites is 3. The van der Waals surface area contributed by atoms with E-state index in [9.17, 15) is 4.79 Å². The summed E-state index contributed by atoms with van der Waals surface area (Å²) in [5.41, 5.74) is 8.12. The van der Waals surface area contributed by atoms with Crippen molar-refractivity contribution in [1.82, 2.24) is 0 Å². The third kappa shape index (κ3) is 3.48. The third-order valence-electron chi connectivity index (χ3n) is 2.64. The molecule has 2 aromatic rings. The monoisotopic (exact) mass is 256 g/mol. The lowest BCUT2D eigenvalue weighted by Crippen LogP contribution is -2.08. The van der Waals surface area contributed by atoms with Crippen molar-refractivity contribution < 1.29 is 9.53 Å². The fourth-order valence-corrected chi connectivity index (χ4v) is 1.71. The minimum absolute atomic E-state index is 0.129. The summed E-state index contributed by atoms with van der Waals surface area (Å²) in [5, 5.41) is 2.73. The number of nitrogens with one attached hydrogen (secondary N) is 1. The molecule has 0 saturated carbocycles. The van der Waals surface area contributed by atoms with E-state index in [2.05, 4.69) is 5.32 Å². The molecule has 0 saturated heterocycles. The predicted octanol–water partition coefficient (Wildman–Crippen LogP) is 2.81. The van der Waals surface area contributed by atoms with Crippen molar-refractivity contribution >= 4 is 17.3 Å². The quantitative estimate of drug-likeness (QED) is 0.827. The van der Waals surface area contributed by atoms with Crippen LogP contribution in [-0.4, -0.2) is 5.91 Å². The van der Waals surface area contributed by atoms with E-state index in [4.69, 9.17) is 10.5 Å². The van der Waals surface area contributed by atoms with Gasteiger partial charge in [-0.3, -0.25) is 4.79 Å². The summed E-state index contributed by atoms with van der Waals surface area (Å²) in [6.45, 7) is 1.83. The largest absolute Gasteiger partial charge is 0.487 e. The van der Waals surface area contributed by atoms with Crippen LogP contribution in [0.4, 0.5) is 11.4 Å². The number of carbonyl (C=O) groups is 1. The van der Waals surface area contributed by atoms with Gasteiger partial charge in [-0.1, -0.05) is 30.3 Å². The molecule has 0 aliphatic rings. The lowest BCUT2D eigenvalue weighted by atomic mass is 10.2. The van der Waals surface area contributed by atoms with E-state index in [1.807, 2.05) is 42.5 Å². The van der Waals surface area contributed by atoms with Crippen LogP contribution < -0.4 is 15.8 Å². The molecule has 1 amide bonds. The van der Waals surface area contributed by atoms with Gasteiger partial charge in [0.05, 0.1) is 5.69 Å². The van der Waals surface area contributed by atoms with Gasteiger partial charge in [0.2, 0.25) is 5.91 Å². The van der Waals surface area contributed by atoms with E-state index >= 15 is 0 Å². The summed E-state index contributed by atoms with van der Waals surface area (Å²) in [4.78, 5) is 11.1. The van der Waals surface area contributed by atoms with Crippen molar-refractivity contribution in [2.45, 2.75) is 13.5 Å². The number of ether oxygens (including phenoxy) is 1. The van der Waals surface area contributed by atoms with Crippen LogP contribution in [0.1, 0.15) is 12.5 Å². The maximum Gasteiger partial charge on any atom is 0.221 e. The Balaban J connectivity index is 2.11. The van der Waals surface area contributed by atoms with Crippen molar-refractivity contribution in [3.8, 4) is 5.75 Å². The molecule has 0 aliphatic carbocycles. The fourth-order valence-electron chi connectivity index (χ4n) is 1.71. The summed E-state index contributed by atoms with van der Waals surface area (Å²) in [7, 11) is 0. The van der Waals surface area contributed by atoms with E-state index in [0.717, 1.165) is 5.56 Å². The lowest BCUT2D eigenvalue weighted by Gasteiger charge is -2.12. The summed E-state index contributed by atoms with van der Waals surface area (Å²) >= 11 is 0. The number of benzene rings is 2. The second kappa shape index (κ2) is 5.91. The average molecular weight is 256 g/mol. The van der Waals surface area contributed by atoms with Gasteiger partial charge < -0.3 is 15.8 Å². The first kappa shape index (κ1) is 13.0. The number of nitrogen functional groups attached to an aromatic ring is 1. The molecule has 19 heavy (non-hydrogen) atoms. The molecule has 98 valence electrons. The molecular formula is C15H16N2O2. The molecule has 0 aromatic heterocycles. The Morgan fingerprint density at radius 2 is 1.84 bits per heavy atom. The third-order valence-corrected chi connectivity index (χ3v) is 2.64. The molecule has 0 radical (unpaired) electrons. The molecule has 0 fully saturated rings. The Morgan fingerprint density at radius 3 is 2.58 bits per heavy atom. The summed E-state index contributed by atoms with van der Waals surface area (Å²) < 4.78 is 5.71. The van der Waals surface area contributed by atoms with E-state index in [0.29, 0.717) is 23.7 Å². The highest BCUT2D eigenvalue weighted by Crippen LogP contribution is 2.25. The van der Waals surface area contributed by atoms with Crippen molar-refractivity contribution in [2.24, 2.45) is 0 Å². The van der Waals surface area contributed by atoms with Crippen molar-refractivity contribution in [1.29, 1.82) is 0 Å². The molecule has 0 unspecified atom stereocenters. The van der Waals surface area contributed by atoms with Crippen LogP contribution in [0, 0.1) is 0 Å². The van der Waals surface area contributed by atoms with Crippen LogP contribution in [0.3, 0.4) is 0 Å². The second-order valence-corrected chi connectivity index (χ2v) is 4.16. The van der Waals surface area contributed by atoms with Gasteiger partial charge in [-0.15, -0.1) is 0 Å². The molecule has 0 bridgehead atoms. The molecule has 0 atom stereocenters. The van der Waals surface area contributed by atoms with Crippen molar-refractivity contribution in [3.63, 3.8) is 0 Å². The number of amides is 1. The Labute approximate surface area is 112 Å². The summed E-state index contributed by atoms with van der Waals surface area (Å²) in [6.07, 6.45) is 0. The van der Waals surface area contributed by atoms with E-state index in [1.165, 1.54) is 6.92 Å². The SMILES string of the molecule is CC(=O)Nc1ccccc1OCc1ccccc1N. The van der Waals surface area contributed by atoms with E-state index < -0.39 is 0 Å². The van der Waals surface area contributed by atoms with Gasteiger partial charge in [-0.2, -0.15) is 0 Å². The molecule has 2 rings (SSSR count). The molecular weight excluding hydrogens is 240 g/mol. The number of anilines is 2. The number of nitrogens with two attached hydrogens (primary N) is 1. The van der Waals surface area contributed by atoms with Crippen LogP contribution in [0.15, 0.2) is 48.5 Å². The summed E-state index contributed by atoms with van der Waals surface area (Å²) in [5.74, 6) is 0.497. The van der Waals surface area contributed by atoms with E-state index in [-0.39, 0.29) is 5.91 Å². The number of carbonyl (C=O) groups excluding carboxylic acids is 1. The minimum Gasteiger partial charge on any atom is -0.487 e. The Kier molecular flexibility index (Phi) is 4.03. The van der Waals surface area contributed by atoms with Crippen LogP contribution in [0.2, 0.25) is 0 Å². The predicted molar refractivity (Wildman–Crippen MR) is 75.9 cm³/mol. The fraction of sp³-hybridized carbons (Fsp3) is 0.133. The molecule has 4 heteroatoms. The zero-order chi connectivity index (χ0) is 13.7. The zero-order valence-corrected chi connectivity index (χ0v) is 10.7. The summed E-state index contributed by atoms with van der Waals surface area (Å²) in [6, 6.07) is 14.8. The molecule has 0 aliphatic heterocycles. The Bertz CT molecular complexity index is 582. The first-order valence-corrected chi connectivity index (χ1v) is 5.99. The number of hydrogen-bond donors (Lipinski definition) is 2. The molecule has 0 heterocycles. The average Bonchev–Trinajstić information content (AvgIpc) is 2.39. The standard InChI is InChI=1S/C15H16N2O2/c1-11(18)17-14-8-4-5-9-15(14)19-10-12-6-2-3-7-13(12)16/h2-9H,10,16H2,1H3,(H,17,18). The van der Waals surface area contributed by atoms with Crippen LogP contribution in [0.25, 0.3) is 0 Å². The Morgan fingerprint density at radius 1 is 1.16 bits per heavy atom. The molecule has 0 spiro atoms. The zero-order valence-electron chi connectivity index (χ0n) is 10.7. The van der Waals surface area contributed by atoms with E-state index in [1.54, 1.807) is 6.07 Å². The number of hydrogen-bond acceptors (Lipinski definition) is 3. The van der Waals surface area contributed by atoms with Gasteiger partial charge >= 0.3 is 0 Å². The second-order valence-electron chi connectivity index (χ2n) is 4.16. The minimum atomic E-state index is -0.129. The Hall–Kier alpha value is -2.49.